The minimum Gasteiger partial charge on any atom is -0.442 e. The van der Waals surface area contributed by atoms with Gasteiger partial charge in [-0.15, -0.1) is 0 Å². The number of hydrogen-bond acceptors (Lipinski definition) is 6. The molecule has 0 bridgehead atoms. The maximum atomic E-state index is 13.3. The Morgan fingerprint density at radius 2 is 1.93 bits per heavy atom. The van der Waals surface area contributed by atoms with E-state index in [4.69, 9.17) is 9.15 Å². The Bertz CT molecular complexity index is 892. The smallest absolute Gasteiger partial charge is 0.256 e. The Hall–Kier alpha value is -2.15. The molecule has 7 nitrogen and oxygen atoms in total. The van der Waals surface area contributed by atoms with Gasteiger partial charge in [-0.05, 0) is 58.3 Å². The van der Waals surface area contributed by atoms with Crippen LogP contribution < -0.4 is 10.6 Å². The summed E-state index contributed by atoms with van der Waals surface area (Å²) in [5.74, 6) is 1.70. The molecule has 2 N–H and O–H groups in total. The third kappa shape index (κ3) is 2.98. The van der Waals surface area contributed by atoms with Gasteiger partial charge in [-0.1, -0.05) is 0 Å². The molecule has 2 aliphatic carbocycles. The number of hydrogen-bond donors (Lipinski definition) is 2. The number of aromatic nitrogens is 2. The summed E-state index contributed by atoms with van der Waals surface area (Å²) in [6.07, 6.45) is 7.80. The largest absolute Gasteiger partial charge is 0.442 e. The lowest BCUT2D eigenvalue weighted by Gasteiger charge is -2.31. The van der Waals surface area contributed by atoms with Crippen LogP contribution in [0.3, 0.4) is 0 Å². The Morgan fingerprint density at radius 1 is 1.19 bits per heavy atom. The quantitative estimate of drug-likeness (QED) is 0.840. The zero-order valence-electron chi connectivity index (χ0n) is 15.9. The first-order chi connectivity index (χ1) is 13.0. The van der Waals surface area contributed by atoms with E-state index in [1.54, 1.807) is 0 Å². The van der Waals surface area contributed by atoms with Gasteiger partial charge in [-0.25, -0.2) is 9.97 Å². The first-order valence-corrected chi connectivity index (χ1v) is 9.92. The van der Waals surface area contributed by atoms with Gasteiger partial charge in [0.15, 0.2) is 0 Å². The molecule has 2 aromatic rings. The van der Waals surface area contributed by atoms with Crippen molar-refractivity contribution >= 4 is 22.8 Å². The first kappa shape index (κ1) is 17.0. The highest BCUT2D eigenvalue weighted by atomic mass is 16.5. The van der Waals surface area contributed by atoms with Gasteiger partial charge in [0.2, 0.25) is 5.71 Å². The van der Waals surface area contributed by atoms with Crippen molar-refractivity contribution in [1.82, 2.24) is 15.3 Å². The molecule has 0 spiro atoms. The number of ether oxygens (including phenoxy) is 1. The first-order valence-electron chi connectivity index (χ1n) is 9.92. The molecule has 2 aromatic heterocycles. The minimum atomic E-state index is -0.0808. The fraction of sp³-hybridized carbons (Fsp3) is 0.650. The second-order valence-electron chi connectivity index (χ2n) is 8.62. The fourth-order valence-corrected chi connectivity index (χ4v) is 4.32. The highest BCUT2D eigenvalue weighted by molar-refractivity contribution is 6.10. The number of aryl methyl sites for hydroxylation is 1. The van der Waals surface area contributed by atoms with E-state index in [0.29, 0.717) is 34.2 Å². The van der Waals surface area contributed by atoms with E-state index in [9.17, 15) is 4.79 Å². The number of nitrogens with zero attached hydrogens (tertiary/aromatic N) is 2. The SMILES string of the molecule is Cc1oc2ncnc(NC3(C)CC3)c2c1C(=O)NC1(C2CCOCC2)CC1. The monoisotopic (exact) mass is 370 g/mol. The average molecular weight is 370 g/mol. The number of carbonyl (C=O) groups is 1. The van der Waals surface area contributed by atoms with Gasteiger partial charge in [-0.2, -0.15) is 0 Å². The van der Waals surface area contributed by atoms with Crippen molar-refractivity contribution in [3.63, 3.8) is 0 Å². The number of carbonyl (C=O) groups excluding carboxylic acids is 1. The number of amides is 1. The molecule has 144 valence electrons. The molecule has 3 fully saturated rings. The molecule has 1 aliphatic heterocycles. The van der Waals surface area contributed by atoms with E-state index in [0.717, 1.165) is 51.7 Å². The van der Waals surface area contributed by atoms with Crippen LogP contribution in [0.25, 0.3) is 11.1 Å². The van der Waals surface area contributed by atoms with Crippen LogP contribution in [0.2, 0.25) is 0 Å². The summed E-state index contributed by atoms with van der Waals surface area (Å²) in [7, 11) is 0. The summed E-state index contributed by atoms with van der Waals surface area (Å²) in [5, 5.41) is 7.52. The van der Waals surface area contributed by atoms with Crippen LogP contribution in [0.15, 0.2) is 10.7 Å². The maximum absolute atomic E-state index is 13.3. The predicted molar refractivity (Wildman–Crippen MR) is 101 cm³/mol. The Labute approximate surface area is 158 Å². The van der Waals surface area contributed by atoms with Gasteiger partial charge in [0.25, 0.3) is 5.91 Å². The van der Waals surface area contributed by atoms with Gasteiger partial charge in [-0.3, -0.25) is 4.79 Å². The summed E-state index contributed by atoms with van der Waals surface area (Å²) < 4.78 is 11.3. The summed E-state index contributed by atoms with van der Waals surface area (Å²) in [5.41, 5.74) is 1.01. The molecule has 2 saturated carbocycles. The Morgan fingerprint density at radius 3 is 2.59 bits per heavy atom. The number of fused-ring (bicyclic) bond motifs is 1. The second kappa shape index (κ2) is 5.92. The number of nitrogens with one attached hydrogen (secondary N) is 2. The van der Waals surface area contributed by atoms with Gasteiger partial charge in [0.1, 0.15) is 17.9 Å². The van der Waals surface area contributed by atoms with E-state index in [1.807, 2.05) is 6.92 Å². The van der Waals surface area contributed by atoms with Gasteiger partial charge >= 0.3 is 0 Å². The van der Waals surface area contributed by atoms with Crippen LogP contribution in [0.5, 0.6) is 0 Å². The molecule has 0 unspecified atom stereocenters. The molecule has 27 heavy (non-hydrogen) atoms. The van der Waals surface area contributed by atoms with Gasteiger partial charge in [0, 0.05) is 24.3 Å². The molecule has 0 atom stereocenters. The van der Waals surface area contributed by atoms with E-state index in [2.05, 4.69) is 27.5 Å². The van der Waals surface area contributed by atoms with Crippen molar-refractivity contribution in [2.75, 3.05) is 18.5 Å². The van der Waals surface area contributed by atoms with Crippen molar-refractivity contribution in [1.29, 1.82) is 0 Å². The summed E-state index contributed by atoms with van der Waals surface area (Å²) in [6, 6.07) is 0. The second-order valence-corrected chi connectivity index (χ2v) is 8.62. The van der Waals surface area contributed by atoms with Crippen LogP contribution in [0.4, 0.5) is 5.82 Å². The zero-order chi connectivity index (χ0) is 18.6. The highest BCUT2D eigenvalue weighted by Crippen LogP contribution is 2.47. The van der Waals surface area contributed by atoms with Crippen molar-refractivity contribution in [2.45, 2.75) is 63.5 Å². The molecule has 1 amide bonds. The third-order valence-corrected chi connectivity index (χ3v) is 6.47. The molecule has 3 heterocycles. The van der Waals surface area contributed by atoms with Crippen molar-refractivity contribution in [2.24, 2.45) is 5.92 Å². The van der Waals surface area contributed by atoms with E-state index in [-0.39, 0.29) is 17.0 Å². The highest BCUT2D eigenvalue weighted by Gasteiger charge is 2.51. The molecular formula is C20H26N4O3. The average Bonchev–Trinajstić information content (AvgIpc) is 3.56. The maximum Gasteiger partial charge on any atom is 0.256 e. The Kier molecular flexibility index (Phi) is 3.73. The molecular weight excluding hydrogens is 344 g/mol. The van der Waals surface area contributed by atoms with Crippen LogP contribution in [-0.4, -0.2) is 40.2 Å². The molecule has 5 rings (SSSR count). The van der Waals surface area contributed by atoms with Crippen LogP contribution in [0.1, 0.15) is 61.6 Å². The zero-order valence-corrected chi connectivity index (χ0v) is 15.9. The van der Waals surface area contributed by atoms with E-state index < -0.39 is 0 Å². The predicted octanol–water partition coefficient (Wildman–Crippen LogP) is 3.18. The molecule has 1 saturated heterocycles. The lowest BCUT2D eigenvalue weighted by atomic mass is 9.89. The minimum absolute atomic E-state index is 0.0556. The molecule has 3 aliphatic rings. The van der Waals surface area contributed by atoms with Crippen LogP contribution >= 0.6 is 0 Å². The van der Waals surface area contributed by atoms with E-state index >= 15 is 0 Å². The lowest BCUT2D eigenvalue weighted by Crippen LogP contribution is -2.44. The molecule has 0 aromatic carbocycles. The van der Waals surface area contributed by atoms with Crippen molar-refractivity contribution < 1.29 is 13.9 Å². The van der Waals surface area contributed by atoms with Crippen LogP contribution in [0, 0.1) is 12.8 Å². The van der Waals surface area contributed by atoms with E-state index in [1.165, 1.54) is 6.33 Å². The normalized spacial score (nSPS) is 23.2. The summed E-state index contributed by atoms with van der Waals surface area (Å²) in [6.45, 7) is 5.57. The molecule has 7 heteroatoms. The van der Waals surface area contributed by atoms with Gasteiger partial charge < -0.3 is 19.8 Å². The Balaban J connectivity index is 1.47. The summed E-state index contributed by atoms with van der Waals surface area (Å²) >= 11 is 0. The summed E-state index contributed by atoms with van der Waals surface area (Å²) in [4.78, 5) is 21.9. The number of rotatable bonds is 5. The third-order valence-electron chi connectivity index (χ3n) is 6.47. The van der Waals surface area contributed by atoms with Crippen molar-refractivity contribution in [3.8, 4) is 0 Å². The number of furan rings is 1. The lowest BCUT2D eigenvalue weighted by molar-refractivity contribution is 0.0475. The van der Waals surface area contributed by atoms with Gasteiger partial charge in [0.05, 0.1) is 10.9 Å². The molecule has 0 radical (unpaired) electrons. The number of anilines is 1. The standard InChI is InChI=1S/C20H26N4O3/c1-12-14(17(25)24-20(7-8-20)13-3-9-26-10-4-13)15-16(23-19(2)5-6-19)21-11-22-18(15)27-12/h11,13H,3-10H2,1-2H3,(H,24,25)(H,21,22,23). The van der Waals surface area contributed by atoms with Crippen LogP contribution in [-0.2, 0) is 4.74 Å². The fourth-order valence-electron chi connectivity index (χ4n) is 4.32. The van der Waals surface area contributed by atoms with Crippen molar-refractivity contribution in [3.05, 3.63) is 17.7 Å². The topological polar surface area (TPSA) is 89.3 Å².